The molecule has 5 rings (SSSR count). The van der Waals surface area contributed by atoms with Gasteiger partial charge in [-0.3, -0.25) is 9.20 Å². The Balaban J connectivity index is 1.51. The molecule has 35 heavy (non-hydrogen) atoms. The number of pyridine rings is 1. The fourth-order valence-electron chi connectivity index (χ4n) is 5.71. The van der Waals surface area contributed by atoms with Crippen LogP contribution < -0.4 is 15.8 Å². The predicted molar refractivity (Wildman–Crippen MR) is 139 cm³/mol. The van der Waals surface area contributed by atoms with Gasteiger partial charge in [-0.25, -0.2) is 9.78 Å². The Kier molecular flexibility index (Phi) is 6.26. The van der Waals surface area contributed by atoms with Gasteiger partial charge in [0, 0.05) is 30.5 Å². The maximum atomic E-state index is 13.4. The minimum atomic E-state index is -0.980. The Morgan fingerprint density at radius 1 is 1.11 bits per heavy atom. The summed E-state index contributed by atoms with van der Waals surface area (Å²) in [5.41, 5.74) is 3.83. The van der Waals surface area contributed by atoms with Crippen molar-refractivity contribution in [2.45, 2.75) is 58.9 Å². The number of anilines is 2. The first kappa shape index (κ1) is 23.4. The lowest BCUT2D eigenvalue weighted by atomic mass is 9.72. The zero-order valence-electron chi connectivity index (χ0n) is 20.8. The quantitative estimate of drug-likeness (QED) is 0.511. The van der Waals surface area contributed by atoms with Crippen molar-refractivity contribution >= 4 is 23.1 Å². The van der Waals surface area contributed by atoms with Crippen LogP contribution in [0.5, 0.6) is 0 Å². The molecule has 3 aromatic rings. The molecule has 0 unspecified atom stereocenters. The van der Waals surface area contributed by atoms with Crippen molar-refractivity contribution in [1.82, 2.24) is 9.38 Å². The maximum Gasteiger partial charge on any atom is 0.337 e. The number of aromatic nitrogens is 2. The lowest BCUT2D eigenvalue weighted by Crippen LogP contribution is -2.39. The van der Waals surface area contributed by atoms with Crippen molar-refractivity contribution in [3.05, 3.63) is 69.1 Å². The summed E-state index contributed by atoms with van der Waals surface area (Å²) in [6.07, 6.45) is 8.28. The lowest BCUT2D eigenvalue weighted by Gasteiger charge is -2.40. The summed E-state index contributed by atoms with van der Waals surface area (Å²) in [7, 11) is 0. The predicted octanol–water partition coefficient (Wildman–Crippen LogP) is 5.20. The number of carbonyl (C=O) groups is 1. The molecule has 2 aliphatic rings. The number of piperidine rings is 1. The molecule has 0 amide bonds. The average molecular weight is 475 g/mol. The second kappa shape index (κ2) is 9.36. The van der Waals surface area contributed by atoms with Crippen LogP contribution in [-0.4, -0.2) is 33.6 Å². The van der Waals surface area contributed by atoms with E-state index in [9.17, 15) is 14.7 Å². The van der Waals surface area contributed by atoms with Crippen LogP contribution in [0, 0.1) is 25.7 Å². The number of carboxylic acids is 1. The molecule has 2 fully saturated rings. The normalized spacial score (nSPS) is 17.9. The molecule has 2 N–H and O–H groups in total. The van der Waals surface area contributed by atoms with Gasteiger partial charge < -0.3 is 15.3 Å². The summed E-state index contributed by atoms with van der Waals surface area (Å²) < 4.78 is 1.64. The third-order valence-electron chi connectivity index (χ3n) is 7.94. The molecule has 0 radical (unpaired) electrons. The van der Waals surface area contributed by atoms with Crippen LogP contribution in [0.3, 0.4) is 0 Å². The second-order valence-corrected chi connectivity index (χ2v) is 10.3. The first-order valence-electron chi connectivity index (χ1n) is 12.7. The first-order chi connectivity index (χ1) is 16.8. The van der Waals surface area contributed by atoms with E-state index in [2.05, 4.69) is 10.2 Å². The highest BCUT2D eigenvalue weighted by atomic mass is 16.4. The van der Waals surface area contributed by atoms with Crippen LogP contribution >= 0.6 is 0 Å². The van der Waals surface area contributed by atoms with E-state index in [1.807, 2.05) is 39.1 Å². The fraction of sp³-hybridized carbons (Fsp3) is 0.464. The van der Waals surface area contributed by atoms with Crippen molar-refractivity contribution in [3.63, 3.8) is 0 Å². The number of carboxylic acid groups (broad SMARTS) is 1. The van der Waals surface area contributed by atoms with Gasteiger partial charge in [-0.15, -0.1) is 0 Å². The Bertz CT molecular complexity index is 1320. The lowest BCUT2D eigenvalue weighted by molar-refractivity contribution is 0.0698. The van der Waals surface area contributed by atoms with Crippen molar-refractivity contribution in [1.29, 1.82) is 0 Å². The van der Waals surface area contributed by atoms with E-state index >= 15 is 0 Å². The summed E-state index contributed by atoms with van der Waals surface area (Å²) in [5, 5.41) is 12.9. The fourth-order valence-corrected chi connectivity index (χ4v) is 5.71. The van der Waals surface area contributed by atoms with E-state index in [0.29, 0.717) is 16.9 Å². The van der Waals surface area contributed by atoms with Crippen LogP contribution in [0.1, 0.15) is 72.1 Å². The molecular weight excluding hydrogens is 440 g/mol. The van der Waals surface area contributed by atoms with E-state index in [1.54, 1.807) is 22.6 Å². The summed E-state index contributed by atoms with van der Waals surface area (Å²) in [4.78, 5) is 32.5. The molecule has 1 saturated carbocycles. The van der Waals surface area contributed by atoms with Gasteiger partial charge >= 0.3 is 5.97 Å². The Hall–Kier alpha value is -3.35. The molecule has 184 valence electrons. The summed E-state index contributed by atoms with van der Waals surface area (Å²) in [5.74, 6) is 1.50. The number of nitrogens with zero attached hydrogens (tertiary/aromatic N) is 3. The SMILES string of the molecule is Cc1cc([C@@H](C)Nc2ccccc2C(=O)O)c2nc(N3CCC(C4CCC4)CC3)c(C)c(=O)n2c1. The Morgan fingerprint density at radius 2 is 1.80 bits per heavy atom. The van der Waals surface area contributed by atoms with Gasteiger partial charge in [-0.05, 0) is 69.2 Å². The van der Waals surface area contributed by atoms with Crippen molar-refractivity contribution in [2.24, 2.45) is 11.8 Å². The average Bonchev–Trinajstić information content (AvgIpc) is 2.81. The third-order valence-corrected chi connectivity index (χ3v) is 7.94. The van der Waals surface area contributed by atoms with Gasteiger partial charge in [0.15, 0.2) is 0 Å². The molecule has 3 heterocycles. The van der Waals surface area contributed by atoms with Gasteiger partial charge in [0.05, 0.1) is 17.2 Å². The molecule has 1 aliphatic carbocycles. The largest absolute Gasteiger partial charge is 0.478 e. The number of benzene rings is 1. The molecule has 1 aromatic carbocycles. The van der Waals surface area contributed by atoms with E-state index in [4.69, 9.17) is 4.98 Å². The highest BCUT2D eigenvalue weighted by Gasteiger charge is 2.31. The number of hydrogen-bond acceptors (Lipinski definition) is 5. The van der Waals surface area contributed by atoms with Gasteiger partial charge in [-0.2, -0.15) is 0 Å². The third kappa shape index (κ3) is 4.40. The second-order valence-electron chi connectivity index (χ2n) is 10.3. The first-order valence-corrected chi connectivity index (χ1v) is 12.7. The van der Waals surface area contributed by atoms with Crippen molar-refractivity contribution in [2.75, 3.05) is 23.3 Å². The number of para-hydroxylation sites is 1. The maximum absolute atomic E-state index is 13.4. The van der Waals surface area contributed by atoms with Gasteiger partial charge in [-0.1, -0.05) is 31.4 Å². The van der Waals surface area contributed by atoms with Gasteiger partial charge in [0.2, 0.25) is 0 Å². The molecule has 0 spiro atoms. The molecule has 1 saturated heterocycles. The molecule has 7 nitrogen and oxygen atoms in total. The highest BCUT2D eigenvalue weighted by Crippen LogP contribution is 2.39. The molecule has 2 aromatic heterocycles. The van der Waals surface area contributed by atoms with Gasteiger partial charge in [0.1, 0.15) is 11.5 Å². The zero-order chi connectivity index (χ0) is 24.7. The van der Waals surface area contributed by atoms with Gasteiger partial charge in [0.25, 0.3) is 5.56 Å². The molecule has 7 heteroatoms. The van der Waals surface area contributed by atoms with Crippen LogP contribution in [0.15, 0.2) is 41.3 Å². The summed E-state index contributed by atoms with van der Waals surface area (Å²) >= 11 is 0. The smallest absolute Gasteiger partial charge is 0.337 e. The van der Waals surface area contributed by atoms with Crippen molar-refractivity contribution in [3.8, 4) is 0 Å². The molecular formula is C28H34N4O3. The Morgan fingerprint density at radius 3 is 2.46 bits per heavy atom. The van der Waals surface area contributed by atoms with E-state index in [-0.39, 0.29) is 17.2 Å². The minimum absolute atomic E-state index is 0.0470. The van der Waals surface area contributed by atoms with Crippen LogP contribution in [0.4, 0.5) is 11.5 Å². The topological polar surface area (TPSA) is 86.9 Å². The standard InChI is InChI=1S/C28H34N4O3/c1-17-15-23(19(3)29-24-10-5-4-9-22(24)28(34)35)26-30-25(18(2)27(33)32(26)16-17)31-13-11-21(12-14-31)20-7-6-8-20/h4-5,9-10,15-16,19-21,29H,6-8,11-14H2,1-3H3,(H,34,35)/t19-/m1/s1. The number of hydrogen-bond donors (Lipinski definition) is 2. The number of aromatic carboxylic acids is 1. The summed E-state index contributed by atoms with van der Waals surface area (Å²) in [6, 6.07) is 8.66. The van der Waals surface area contributed by atoms with Crippen molar-refractivity contribution < 1.29 is 9.90 Å². The molecule has 1 aliphatic heterocycles. The number of aryl methyl sites for hydroxylation is 1. The van der Waals surface area contributed by atoms with E-state index in [0.717, 1.165) is 54.7 Å². The van der Waals surface area contributed by atoms with E-state index in [1.165, 1.54) is 19.3 Å². The van der Waals surface area contributed by atoms with E-state index < -0.39 is 5.97 Å². The molecule has 0 bridgehead atoms. The minimum Gasteiger partial charge on any atom is -0.478 e. The number of nitrogens with one attached hydrogen (secondary N) is 1. The zero-order valence-corrected chi connectivity index (χ0v) is 20.8. The Labute approximate surface area is 205 Å². The molecule has 1 atom stereocenters. The van der Waals surface area contributed by atoms with Crippen LogP contribution in [-0.2, 0) is 0 Å². The van der Waals surface area contributed by atoms with Crippen LogP contribution in [0.2, 0.25) is 0 Å². The number of fused-ring (bicyclic) bond motifs is 1. The number of rotatable bonds is 6. The van der Waals surface area contributed by atoms with Crippen LogP contribution in [0.25, 0.3) is 5.65 Å². The highest BCUT2D eigenvalue weighted by molar-refractivity contribution is 5.94. The summed E-state index contributed by atoms with van der Waals surface area (Å²) in [6.45, 7) is 7.68. The monoisotopic (exact) mass is 474 g/mol.